The maximum absolute atomic E-state index is 11.7. The fourth-order valence-corrected chi connectivity index (χ4v) is 2.11. The number of nitrogens with zero attached hydrogens (tertiary/aromatic N) is 2. The van der Waals surface area contributed by atoms with Gasteiger partial charge in [-0.15, -0.1) is 0 Å². The summed E-state index contributed by atoms with van der Waals surface area (Å²) >= 11 is 0. The molecule has 0 spiro atoms. The minimum Gasteiger partial charge on any atom is -0.354 e. The van der Waals surface area contributed by atoms with Gasteiger partial charge in [0.15, 0.2) is 0 Å². The van der Waals surface area contributed by atoms with E-state index in [1.807, 2.05) is 24.0 Å². The number of hydrogen-bond donors (Lipinski definition) is 2. The Morgan fingerprint density at radius 1 is 1.53 bits per heavy atom. The van der Waals surface area contributed by atoms with Crippen LogP contribution in [0.25, 0.3) is 0 Å². The fourth-order valence-electron chi connectivity index (χ4n) is 2.11. The van der Waals surface area contributed by atoms with E-state index >= 15 is 0 Å². The maximum Gasteiger partial charge on any atom is 0.220 e. The molecule has 1 aromatic rings. The Kier molecular flexibility index (Phi) is 7.18. The van der Waals surface area contributed by atoms with Gasteiger partial charge in [-0.05, 0) is 37.8 Å². The summed E-state index contributed by atoms with van der Waals surface area (Å²) in [7, 11) is 0. The second kappa shape index (κ2) is 8.69. The van der Waals surface area contributed by atoms with Crippen molar-refractivity contribution in [3.8, 4) is 0 Å². The number of carbonyl (C=O) groups is 1. The van der Waals surface area contributed by atoms with Gasteiger partial charge in [0.05, 0.1) is 12.7 Å². The molecule has 5 nitrogen and oxygen atoms in total. The molecule has 0 saturated heterocycles. The second-order valence-electron chi connectivity index (χ2n) is 5.02. The van der Waals surface area contributed by atoms with Crippen molar-refractivity contribution in [1.29, 1.82) is 0 Å². The zero-order valence-corrected chi connectivity index (χ0v) is 12.1. The lowest BCUT2D eigenvalue weighted by Gasteiger charge is -2.13. The first-order valence-electron chi connectivity index (χ1n) is 7.11. The van der Waals surface area contributed by atoms with E-state index in [0.717, 1.165) is 31.4 Å². The molecule has 3 N–H and O–H groups in total. The maximum atomic E-state index is 11.7. The van der Waals surface area contributed by atoms with Gasteiger partial charge in [-0.3, -0.25) is 9.48 Å². The number of amides is 1. The predicted octanol–water partition coefficient (Wildman–Crippen LogP) is 1.46. The van der Waals surface area contributed by atoms with Gasteiger partial charge in [0.25, 0.3) is 0 Å². The molecule has 0 aliphatic heterocycles. The van der Waals surface area contributed by atoms with Crippen molar-refractivity contribution in [3.63, 3.8) is 0 Å². The first kappa shape index (κ1) is 15.7. The summed E-state index contributed by atoms with van der Waals surface area (Å²) in [4.78, 5) is 11.7. The monoisotopic (exact) mass is 266 g/mol. The summed E-state index contributed by atoms with van der Waals surface area (Å²) in [5.41, 5.74) is 6.69. The number of aromatic nitrogens is 2. The van der Waals surface area contributed by atoms with Gasteiger partial charge in [0.2, 0.25) is 5.91 Å². The molecule has 0 bridgehead atoms. The third-order valence-corrected chi connectivity index (χ3v) is 3.36. The van der Waals surface area contributed by atoms with Crippen molar-refractivity contribution in [2.45, 2.75) is 46.1 Å². The highest BCUT2D eigenvalue weighted by molar-refractivity contribution is 5.75. The molecule has 0 aromatic carbocycles. The van der Waals surface area contributed by atoms with E-state index in [9.17, 15) is 4.79 Å². The first-order chi connectivity index (χ1) is 9.15. The van der Waals surface area contributed by atoms with Crippen molar-refractivity contribution >= 4 is 5.91 Å². The van der Waals surface area contributed by atoms with Gasteiger partial charge in [0, 0.05) is 19.2 Å². The summed E-state index contributed by atoms with van der Waals surface area (Å²) in [5.74, 6) is 0.698. The molecule has 1 aromatic heterocycles. The molecule has 19 heavy (non-hydrogen) atoms. The molecular weight excluding hydrogens is 240 g/mol. The molecule has 108 valence electrons. The summed E-state index contributed by atoms with van der Waals surface area (Å²) in [5, 5.41) is 7.11. The number of aryl methyl sites for hydroxylation is 1. The van der Waals surface area contributed by atoms with E-state index < -0.39 is 0 Å². The van der Waals surface area contributed by atoms with Gasteiger partial charge >= 0.3 is 0 Å². The average molecular weight is 266 g/mol. The largest absolute Gasteiger partial charge is 0.354 e. The second-order valence-corrected chi connectivity index (χ2v) is 5.02. The van der Waals surface area contributed by atoms with Crippen LogP contribution in [-0.4, -0.2) is 28.8 Å². The van der Waals surface area contributed by atoms with Gasteiger partial charge in [0.1, 0.15) is 0 Å². The van der Waals surface area contributed by atoms with Crippen LogP contribution in [0.1, 0.15) is 38.2 Å². The number of carbonyl (C=O) groups excluding carboxylic acids is 1. The molecule has 0 fully saturated rings. The van der Waals surface area contributed by atoms with Crippen LogP contribution in [0, 0.1) is 12.8 Å². The summed E-state index contributed by atoms with van der Waals surface area (Å²) in [6.45, 7) is 6.22. The van der Waals surface area contributed by atoms with E-state index in [0.29, 0.717) is 25.4 Å². The third kappa shape index (κ3) is 6.38. The van der Waals surface area contributed by atoms with E-state index in [1.54, 1.807) is 0 Å². The number of nitrogens with two attached hydrogens (primary N) is 1. The van der Waals surface area contributed by atoms with Crippen molar-refractivity contribution in [2.75, 3.05) is 13.1 Å². The standard InChI is InChI=1S/C14H26N4O/c1-3-13(6-7-15)4-5-14(19)16-8-9-18-11-12(2)10-17-18/h10-11,13H,3-9,15H2,1-2H3,(H,16,19). The minimum absolute atomic E-state index is 0.124. The van der Waals surface area contributed by atoms with Crippen LogP contribution in [0.5, 0.6) is 0 Å². The van der Waals surface area contributed by atoms with Crippen LogP contribution in [0.3, 0.4) is 0 Å². The van der Waals surface area contributed by atoms with Crippen LogP contribution in [0.15, 0.2) is 12.4 Å². The smallest absolute Gasteiger partial charge is 0.220 e. The molecule has 0 aliphatic carbocycles. The van der Waals surface area contributed by atoms with Crippen molar-refractivity contribution in [1.82, 2.24) is 15.1 Å². The Morgan fingerprint density at radius 2 is 2.32 bits per heavy atom. The Balaban J connectivity index is 2.14. The lowest BCUT2D eigenvalue weighted by atomic mass is 9.96. The Labute approximate surface area is 115 Å². The topological polar surface area (TPSA) is 72.9 Å². The molecule has 1 atom stereocenters. The lowest BCUT2D eigenvalue weighted by Crippen LogP contribution is -2.27. The molecule has 5 heteroatoms. The molecule has 1 rings (SSSR count). The van der Waals surface area contributed by atoms with Crippen LogP contribution >= 0.6 is 0 Å². The van der Waals surface area contributed by atoms with Crippen molar-refractivity contribution < 1.29 is 4.79 Å². The number of hydrogen-bond acceptors (Lipinski definition) is 3. The minimum atomic E-state index is 0.124. The van der Waals surface area contributed by atoms with Crippen LogP contribution < -0.4 is 11.1 Å². The summed E-state index contributed by atoms with van der Waals surface area (Å²) in [6, 6.07) is 0. The Hall–Kier alpha value is -1.36. The highest BCUT2D eigenvalue weighted by Gasteiger charge is 2.08. The van der Waals surface area contributed by atoms with Crippen molar-refractivity contribution in [3.05, 3.63) is 18.0 Å². The molecular formula is C14H26N4O. The fraction of sp³-hybridized carbons (Fsp3) is 0.714. The zero-order chi connectivity index (χ0) is 14.1. The molecule has 1 unspecified atom stereocenters. The summed E-state index contributed by atoms with van der Waals surface area (Å²) in [6.07, 6.45) is 7.42. The quantitative estimate of drug-likeness (QED) is 0.711. The van der Waals surface area contributed by atoms with E-state index in [2.05, 4.69) is 17.3 Å². The van der Waals surface area contributed by atoms with E-state index in [4.69, 9.17) is 5.73 Å². The van der Waals surface area contributed by atoms with Gasteiger partial charge in [-0.25, -0.2) is 0 Å². The Morgan fingerprint density at radius 3 is 2.89 bits per heavy atom. The molecule has 1 amide bonds. The van der Waals surface area contributed by atoms with Crippen LogP contribution in [-0.2, 0) is 11.3 Å². The molecule has 0 aliphatic rings. The van der Waals surface area contributed by atoms with Crippen LogP contribution in [0.2, 0.25) is 0 Å². The molecule has 0 radical (unpaired) electrons. The van der Waals surface area contributed by atoms with E-state index in [-0.39, 0.29) is 5.91 Å². The van der Waals surface area contributed by atoms with Gasteiger partial charge < -0.3 is 11.1 Å². The predicted molar refractivity (Wildman–Crippen MR) is 76.7 cm³/mol. The third-order valence-electron chi connectivity index (χ3n) is 3.36. The van der Waals surface area contributed by atoms with Crippen molar-refractivity contribution in [2.24, 2.45) is 11.7 Å². The first-order valence-corrected chi connectivity index (χ1v) is 7.11. The Bertz CT molecular complexity index is 375. The van der Waals surface area contributed by atoms with Gasteiger partial charge in [-0.1, -0.05) is 13.3 Å². The number of nitrogens with one attached hydrogen (secondary N) is 1. The SMILES string of the molecule is CCC(CCN)CCC(=O)NCCn1cc(C)cn1. The van der Waals surface area contributed by atoms with Crippen LogP contribution in [0.4, 0.5) is 0 Å². The van der Waals surface area contributed by atoms with Gasteiger partial charge in [-0.2, -0.15) is 5.10 Å². The highest BCUT2D eigenvalue weighted by atomic mass is 16.1. The zero-order valence-electron chi connectivity index (χ0n) is 12.1. The normalized spacial score (nSPS) is 12.4. The number of rotatable bonds is 9. The average Bonchev–Trinajstić information content (AvgIpc) is 2.80. The molecule has 1 heterocycles. The summed E-state index contributed by atoms with van der Waals surface area (Å²) < 4.78 is 1.85. The molecule has 0 saturated carbocycles. The van der Waals surface area contributed by atoms with E-state index in [1.165, 1.54) is 0 Å². The lowest BCUT2D eigenvalue weighted by molar-refractivity contribution is -0.121. The highest BCUT2D eigenvalue weighted by Crippen LogP contribution is 2.14.